The van der Waals surface area contributed by atoms with Crippen LogP contribution < -0.4 is 15.5 Å². The van der Waals surface area contributed by atoms with E-state index in [9.17, 15) is 4.79 Å². The van der Waals surface area contributed by atoms with Crippen LogP contribution in [-0.4, -0.2) is 45.0 Å². The number of fused-ring (bicyclic) bond motifs is 1. The van der Waals surface area contributed by atoms with Crippen molar-refractivity contribution in [1.82, 2.24) is 19.9 Å². The zero-order chi connectivity index (χ0) is 21.1. The molecule has 0 spiro atoms. The molecule has 3 heterocycles. The fraction of sp³-hybridized carbons (Fsp3) is 0.238. The fourth-order valence-corrected chi connectivity index (χ4v) is 3.45. The molecule has 1 aliphatic heterocycles. The molecule has 2 N–H and O–H groups in total. The molecular weight excluding hydrogens is 380 g/mol. The molecule has 0 aliphatic carbocycles. The van der Waals surface area contributed by atoms with Crippen molar-refractivity contribution in [2.75, 3.05) is 28.6 Å². The molecule has 1 fully saturated rings. The number of hydrogen-bond acceptors (Lipinski definition) is 8. The smallest absolute Gasteiger partial charge is 0.247 e. The van der Waals surface area contributed by atoms with Crippen LogP contribution in [-0.2, 0) is 4.79 Å². The van der Waals surface area contributed by atoms with Crippen LogP contribution in [0.25, 0.3) is 10.9 Å². The maximum Gasteiger partial charge on any atom is 0.247 e. The van der Waals surface area contributed by atoms with Crippen LogP contribution >= 0.6 is 0 Å². The van der Waals surface area contributed by atoms with Crippen LogP contribution in [0.4, 0.5) is 17.5 Å². The van der Waals surface area contributed by atoms with Crippen LogP contribution in [0.5, 0.6) is 0 Å². The minimum Gasteiger partial charge on any atom is -0.354 e. The summed E-state index contributed by atoms with van der Waals surface area (Å²) in [6, 6.07) is 7.77. The number of benzene rings is 1. The van der Waals surface area contributed by atoms with Crippen LogP contribution in [0.1, 0.15) is 17.8 Å². The van der Waals surface area contributed by atoms with Gasteiger partial charge in [-0.25, -0.2) is 19.9 Å². The van der Waals surface area contributed by atoms with Crippen LogP contribution in [0.2, 0.25) is 0 Å². The predicted molar refractivity (Wildman–Crippen MR) is 114 cm³/mol. The van der Waals surface area contributed by atoms with Gasteiger partial charge in [0.05, 0.1) is 23.5 Å². The molecule has 1 saturated heterocycles. The summed E-state index contributed by atoms with van der Waals surface area (Å²) in [6.45, 7) is 6.90. The Kier molecular flexibility index (Phi) is 5.22. The average Bonchev–Trinajstić information content (AvgIpc) is 3.21. The lowest BCUT2D eigenvalue weighted by Gasteiger charge is -2.20. The molecule has 3 aromatic rings. The van der Waals surface area contributed by atoms with Crippen molar-refractivity contribution in [3.8, 4) is 6.07 Å². The number of nitriles is 1. The molecule has 0 bridgehead atoms. The van der Waals surface area contributed by atoms with E-state index < -0.39 is 0 Å². The lowest BCUT2D eigenvalue weighted by atomic mass is 10.2. The summed E-state index contributed by atoms with van der Waals surface area (Å²) in [5.74, 6) is 1.77. The Labute approximate surface area is 173 Å². The molecule has 4 rings (SSSR count). The van der Waals surface area contributed by atoms with Crippen LogP contribution in [0, 0.1) is 18.3 Å². The predicted octanol–water partition coefficient (Wildman–Crippen LogP) is 2.42. The first kappa shape index (κ1) is 19.3. The van der Waals surface area contributed by atoms with E-state index in [1.807, 2.05) is 31.2 Å². The summed E-state index contributed by atoms with van der Waals surface area (Å²) in [6.07, 6.45) is 5.15. The SMILES string of the molecule is C=CC(=O)Nc1ccc2c(N3CC[C@@H](Nc4ncc(C#N)cn4)C3)nc(C)nc2c1. The Morgan fingerprint density at radius 1 is 1.33 bits per heavy atom. The summed E-state index contributed by atoms with van der Waals surface area (Å²) in [4.78, 5) is 31.4. The average molecular weight is 400 g/mol. The second-order valence-corrected chi connectivity index (χ2v) is 7.00. The topological polar surface area (TPSA) is 120 Å². The van der Waals surface area contributed by atoms with Crippen molar-refractivity contribution < 1.29 is 4.79 Å². The monoisotopic (exact) mass is 400 g/mol. The number of anilines is 3. The number of hydrogen-bond donors (Lipinski definition) is 2. The van der Waals surface area contributed by atoms with Gasteiger partial charge in [-0.15, -0.1) is 0 Å². The van der Waals surface area contributed by atoms with Crippen molar-refractivity contribution >= 4 is 34.3 Å². The van der Waals surface area contributed by atoms with Crippen molar-refractivity contribution in [2.24, 2.45) is 0 Å². The van der Waals surface area contributed by atoms with E-state index in [4.69, 9.17) is 5.26 Å². The summed E-state index contributed by atoms with van der Waals surface area (Å²) in [7, 11) is 0. The van der Waals surface area contributed by atoms with E-state index in [1.165, 1.54) is 18.5 Å². The lowest BCUT2D eigenvalue weighted by Crippen LogP contribution is -2.27. The van der Waals surface area contributed by atoms with Gasteiger partial charge in [0.15, 0.2) is 0 Å². The first-order valence-electron chi connectivity index (χ1n) is 9.51. The zero-order valence-electron chi connectivity index (χ0n) is 16.5. The van der Waals surface area contributed by atoms with Gasteiger partial charge in [0, 0.05) is 30.2 Å². The van der Waals surface area contributed by atoms with Gasteiger partial charge in [0.1, 0.15) is 17.7 Å². The van der Waals surface area contributed by atoms with Gasteiger partial charge < -0.3 is 15.5 Å². The normalized spacial score (nSPS) is 15.6. The van der Waals surface area contributed by atoms with Gasteiger partial charge >= 0.3 is 0 Å². The minimum atomic E-state index is -0.265. The summed E-state index contributed by atoms with van der Waals surface area (Å²) in [5, 5.41) is 15.9. The second kappa shape index (κ2) is 8.13. The third-order valence-corrected chi connectivity index (χ3v) is 4.84. The van der Waals surface area contributed by atoms with Gasteiger partial charge in [-0.05, 0) is 37.6 Å². The first-order chi connectivity index (χ1) is 14.6. The second-order valence-electron chi connectivity index (χ2n) is 7.00. The van der Waals surface area contributed by atoms with Crippen molar-refractivity contribution in [3.05, 3.63) is 54.6 Å². The maximum absolute atomic E-state index is 11.6. The molecule has 9 heteroatoms. The van der Waals surface area contributed by atoms with Crippen LogP contribution in [0.3, 0.4) is 0 Å². The third-order valence-electron chi connectivity index (χ3n) is 4.84. The Morgan fingerprint density at radius 3 is 2.87 bits per heavy atom. The van der Waals surface area contributed by atoms with Crippen molar-refractivity contribution in [3.63, 3.8) is 0 Å². The van der Waals surface area contributed by atoms with Gasteiger partial charge in [-0.3, -0.25) is 4.79 Å². The largest absolute Gasteiger partial charge is 0.354 e. The Bertz CT molecular complexity index is 1150. The van der Waals surface area contributed by atoms with E-state index in [1.54, 1.807) is 0 Å². The number of nitrogens with one attached hydrogen (secondary N) is 2. The van der Waals surface area contributed by atoms with Gasteiger partial charge in [0.2, 0.25) is 11.9 Å². The summed E-state index contributed by atoms with van der Waals surface area (Å²) >= 11 is 0. The maximum atomic E-state index is 11.6. The van der Waals surface area contributed by atoms with E-state index >= 15 is 0 Å². The molecular formula is C21H20N8O. The molecule has 1 amide bonds. The summed E-state index contributed by atoms with van der Waals surface area (Å²) in [5.41, 5.74) is 1.86. The Balaban J connectivity index is 1.54. The highest BCUT2D eigenvalue weighted by Crippen LogP contribution is 2.29. The quantitative estimate of drug-likeness (QED) is 0.627. The molecule has 30 heavy (non-hydrogen) atoms. The number of carbonyl (C=O) groups is 1. The first-order valence-corrected chi connectivity index (χ1v) is 9.51. The Hall–Kier alpha value is -4.06. The third kappa shape index (κ3) is 4.03. The number of amides is 1. The van der Waals surface area contributed by atoms with Crippen molar-refractivity contribution in [1.29, 1.82) is 5.26 Å². The minimum absolute atomic E-state index is 0.161. The standard InChI is InChI=1S/C21H20N8O/c1-3-19(30)27-15-4-5-17-18(8-15)25-13(2)26-20(17)29-7-6-16(12-29)28-21-23-10-14(9-22)11-24-21/h3-5,8,10-11,16H,1,6-7,12H2,2H3,(H,27,30)(H,23,24,28)/t16-/m1/s1. The highest BCUT2D eigenvalue weighted by atomic mass is 16.1. The number of nitrogens with zero attached hydrogens (tertiary/aromatic N) is 6. The lowest BCUT2D eigenvalue weighted by molar-refractivity contribution is -0.111. The van der Waals surface area contributed by atoms with Crippen LogP contribution in [0.15, 0.2) is 43.2 Å². The van der Waals surface area contributed by atoms with Gasteiger partial charge in [0.25, 0.3) is 0 Å². The van der Waals surface area contributed by atoms with E-state index in [0.29, 0.717) is 23.0 Å². The fourth-order valence-electron chi connectivity index (χ4n) is 3.45. The number of carbonyl (C=O) groups excluding carboxylic acids is 1. The highest BCUT2D eigenvalue weighted by Gasteiger charge is 2.26. The number of aromatic nitrogens is 4. The van der Waals surface area contributed by atoms with E-state index in [2.05, 4.69) is 42.0 Å². The van der Waals surface area contributed by atoms with E-state index in [-0.39, 0.29) is 11.9 Å². The molecule has 2 aromatic heterocycles. The van der Waals surface area contributed by atoms with Crippen molar-refractivity contribution in [2.45, 2.75) is 19.4 Å². The zero-order valence-corrected chi connectivity index (χ0v) is 16.5. The van der Waals surface area contributed by atoms with E-state index in [0.717, 1.165) is 36.2 Å². The summed E-state index contributed by atoms with van der Waals surface area (Å²) < 4.78 is 0. The molecule has 150 valence electrons. The number of aryl methyl sites for hydroxylation is 1. The molecule has 0 saturated carbocycles. The molecule has 1 aromatic carbocycles. The number of rotatable bonds is 5. The molecule has 9 nitrogen and oxygen atoms in total. The van der Waals surface area contributed by atoms with Gasteiger partial charge in [-0.1, -0.05) is 6.58 Å². The highest BCUT2D eigenvalue weighted by molar-refractivity contribution is 6.01. The Morgan fingerprint density at radius 2 is 2.13 bits per heavy atom. The van der Waals surface area contributed by atoms with Gasteiger partial charge in [-0.2, -0.15) is 5.26 Å². The molecule has 1 aliphatic rings. The molecule has 1 atom stereocenters. The molecule has 0 unspecified atom stereocenters. The molecule has 0 radical (unpaired) electrons.